The molecule has 0 spiro atoms. The first-order valence-electron chi connectivity index (χ1n) is 7.69. The van der Waals surface area contributed by atoms with E-state index in [0.717, 1.165) is 5.56 Å². The molecule has 0 aromatic heterocycles. The largest absolute Gasteiger partial charge is 0.469 e. The summed E-state index contributed by atoms with van der Waals surface area (Å²) in [5, 5.41) is 0. The molecule has 1 aromatic rings. The molecule has 0 heterocycles. The number of rotatable bonds is 8. The van der Waals surface area contributed by atoms with Crippen molar-refractivity contribution in [2.75, 3.05) is 13.7 Å². The van der Waals surface area contributed by atoms with Crippen molar-refractivity contribution in [2.24, 2.45) is 5.92 Å². The minimum absolute atomic E-state index is 0.0898. The van der Waals surface area contributed by atoms with Crippen LogP contribution in [0.4, 0.5) is 0 Å². The first-order valence-corrected chi connectivity index (χ1v) is 9.13. The number of carbonyl (C=O) groups excluding carboxylic acids is 1. The van der Waals surface area contributed by atoms with Gasteiger partial charge in [0, 0.05) is 6.54 Å². The number of aryl methyl sites for hydroxylation is 1. The topological polar surface area (TPSA) is 63.7 Å². The summed E-state index contributed by atoms with van der Waals surface area (Å²) >= 11 is 0. The minimum atomic E-state index is -3.79. The van der Waals surface area contributed by atoms with Gasteiger partial charge in [0.15, 0.2) is 0 Å². The monoisotopic (exact) mass is 351 g/mol. The Kier molecular flexibility index (Phi) is 7.38. The minimum Gasteiger partial charge on any atom is -0.469 e. The average molecular weight is 351 g/mol. The highest BCUT2D eigenvalue weighted by Crippen LogP contribution is 2.24. The Labute approximate surface area is 144 Å². The molecule has 0 aliphatic heterocycles. The van der Waals surface area contributed by atoms with E-state index in [1.54, 1.807) is 50.3 Å². The maximum Gasteiger partial charge on any atom is 0.310 e. The first-order chi connectivity index (χ1) is 11.3. The highest BCUT2D eigenvalue weighted by molar-refractivity contribution is 7.89. The van der Waals surface area contributed by atoms with Crippen molar-refractivity contribution in [3.05, 3.63) is 54.6 Å². The summed E-state index contributed by atoms with van der Waals surface area (Å²) in [6.45, 7) is 9.05. The molecule has 0 saturated heterocycles. The van der Waals surface area contributed by atoms with Crippen molar-refractivity contribution >= 4 is 16.0 Å². The zero-order valence-electron chi connectivity index (χ0n) is 14.6. The average Bonchev–Trinajstić information content (AvgIpc) is 2.57. The van der Waals surface area contributed by atoms with Crippen LogP contribution in [0.2, 0.25) is 0 Å². The molecular formula is C18H25NO4S. The maximum absolute atomic E-state index is 13.1. The van der Waals surface area contributed by atoms with E-state index in [0.29, 0.717) is 0 Å². The molecule has 0 unspecified atom stereocenters. The number of esters is 1. The molecule has 0 fully saturated rings. The van der Waals surface area contributed by atoms with E-state index < -0.39 is 28.0 Å². The van der Waals surface area contributed by atoms with Crippen LogP contribution >= 0.6 is 0 Å². The van der Waals surface area contributed by atoms with Crippen LogP contribution in [0.25, 0.3) is 0 Å². The zero-order valence-corrected chi connectivity index (χ0v) is 15.4. The van der Waals surface area contributed by atoms with Crippen molar-refractivity contribution < 1.29 is 17.9 Å². The Balaban J connectivity index is 3.38. The van der Waals surface area contributed by atoms with Gasteiger partial charge in [-0.3, -0.25) is 4.79 Å². The van der Waals surface area contributed by atoms with Gasteiger partial charge in [-0.2, -0.15) is 4.31 Å². The molecule has 5 nitrogen and oxygen atoms in total. The fraction of sp³-hybridized carbons (Fsp3) is 0.389. The van der Waals surface area contributed by atoms with Crippen molar-refractivity contribution in [1.82, 2.24) is 4.31 Å². The normalized spacial score (nSPS) is 14.5. The van der Waals surface area contributed by atoms with Crippen LogP contribution in [0.5, 0.6) is 0 Å². The van der Waals surface area contributed by atoms with Gasteiger partial charge in [-0.05, 0) is 26.0 Å². The highest BCUT2D eigenvalue weighted by Gasteiger charge is 2.35. The van der Waals surface area contributed by atoms with Crippen LogP contribution in [-0.4, -0.2) is 38.4 Å². The van der Waals surface area contributed by atoms with Crippen LogP contribution in [-0.2, 0) is 19.6 Å². The molecule has 0 aliphatic rings. The number of nitrogens with zero attached hydrogens (tertiary/aromatic N) is 1. The lowest BCUT2D eigenvalue weighted by Crippen LogP contribution is -2.45. The van der Waals surface area contributed by atoms with E-state index in [9.17, 15) is 13.2 Å². The standard InChI is InChI=1S/C18H25NO4S/c1-6-8-17(15(4)18(20)23-5)19(13-7-2)24(21,22)16-11-9-14(3)10-12-16/h6-12,15,17H,2,13H2,1,3-5H3/b8-6+/t15-,17-/m1/s1. The zero-order chi connectivity index (χ0) is 18.3. The van der Waals surface area contributed by atoms with Gasteiger partial charge in [0.25, 0.3) is 0 Å². The second kappa shape index (κ2) is 8.80. The summed E-state index contributed by atoms with van der Waals surface area (Å²) in [6, 6.07) is 5.96. The summed E-state index contributed by atoms with van der Waals surface area (Å²) in [7, 11) is -2.50. The fourth-order valence-corrected chi connectivity index (χ4v) is 4.01. The number of benzene rings is 1. The smallest absolute Gasteiger partial charge is 0.310 e. The van der Waals surface area contributed by atoms with Crippen molar-refractivity contribution in [3.63, 3.8) is 0 Å². The number of ether oxygens (including phenoxy) is 1. The van der Waals surface area contributed by atoms with Gasteiger partial charge in [0.2, 0.25) is 10.0 Å². The Bertz CT molecular complexity index is 692. The molecule has 0 N–H and O–H groups in total. The van der Waals surface area contributed by atoms with Gasteiger partial charge in [-0.1, -0.05) is 42.8 Å². The summed E-state index contributed by atoms with van der Waals surface area (Å²) in [5.74, 6) is -1.11. The third-order valence-electron chi connectivity index (χ3n) is 3.74. The molecule has 0 bridgehead atoms. The maximum atomic E-state index is 13.1. The highest BCUT2D eigenvalue weighted by atomic mass is 32.2. The van der Waals surface area contributed by atoms with E-state index in [2.05, 4.69) is 6.58 Å². The lowest BCUT2D eigenvalue weighted by atomic mass is 10.0. The van der Waals surface area contributed by atoms with Gasteiger partial charge in [0.05, 0.1) is 24.0 Å². The molecule has 1 rings (SSSR count). The molecular weight excluding hydrogens is 326 g/mol. The quantitative estimate of drug-likeness (QED) is 0.534. The Morgan fingerprint density at radius 3 is 2.38 bits per heavy atom. The lowest BCUT2D eigenvalue weighted by molar-refractivity contribution is -0.145. The van der Waals surface area contributed by atoms with Crippen molar-refractivity contribution in [2.45, 2.75) is 31.7 Å². The van der Waals surface area contributed by atoms with Gasteiger partial charge in [0.1, 0.15) is 0 Å². The molecule has 24 heavy (non-hydrogen) atoms. The molecule has 0 amide bonds. The molecule has 132 valence electrons. The number of methoxy groups -OCH3 is 1. The van der Waals surface area contributed by atoms with Crippen LogP contribution in [0.3, 0.4) is 0 Å². The number of carbonyl (C=O) groups is 1. The Morgan fingerprint density at radius 1 is 1.33 bits per heavy atom. The fourth-order valence-electron chi connectivity index (χ4n) is 2.39. The van der Waals surface area contributed by atoms with Gasteiger partial charge in [-0.25, -0.2) is 8.42 Å². The second-order valence-corrected chi connectivity index (χ2v) is 7.40. The molecule has 6 heteroatoms. The van der Waals surface area contributed by atoms with E-state index in [1.165, 1.54) is 17.5 Å². The molecule has 2 atom stereocenters. The van der Waals surface area contributed by atoms with Gasteiger partial charge < -0.3 is 4.74 Å². The van der Waals surface area contributed by atoms with Crippen LogP contribution < -0.4 is 0 Å². The summed E-state index contributed by atoms with van der Waals surface area (Å²) in [4.78, 5) is 12.1. The molecule has 1 aromatic carbocycles. The number of hydrogen-bond acceptors (Lipinski definition) is 4. The van der Waals surface area contributed by atoms with E-state index in [-0.39, 0.29) is 11.4 Å². The number of sulfonamides is 1. The molecule has 0 radical (unpaired) electrons. The predicted molar refractivity (Wildman–Crippen MR) is 95.0 cm³/mol. The van der Waals surface area contributed by atoms with Crippen molar-refractivity contribution in [3.8, 4) is 0 Å². The van der Waals surface area contributed by atoms with Gasteiger partial charge >= 0.3 is 5.97 Å². The lowest BCUT2D eigenvalue weighted by Gasteiger charge is -2.31. The first kappa shape index (κ1) is 20.1. The Hall–Kier alpha value is -1.92. The van der Waals surface area contributed by atoms with Crippen LogP contribution in [0.15, 0.2) is 54.0 Å². The molecule has 0 saturated carbocycles. The third kappa shape index (κ3) is 4.55. The van der Waals surface area contributed by atoms with Crippen molar-refractivity contribution in [1.29, 1.82) is 0 Å². The third-order valence-corrected chi connectivity index (χ3v) is 5.62. The predicted octanol–water partition coefficient (Wildman–Crippen LogP) is 2.93. The summed E-state index contributed by atoms with van der Waals surface area (Å²) < 4.78 is 32.2. The summed E-state index contributed by atoms with van der Waals surface area (Å²) in [5.41, 5.74) is 0.970. The molecule has 0 aliphatic carbocycles. The van der Waals surface area contributed by atoms with Crippen LogP contribution in [0, 0.1) is 12.8 Å². The SMILES string of the molecule is C=CCN([C@H](/C=C/C)[C@@H](C)C(=O)OC)S(=O)(=O)c1ccc(C)cc1. The number of hydrogen-bond donors (Lipinski definition) is 0. The summed E-state index contributed by atoms with van der Waals surface area (Å²) in [6.07, 6.45) is 4.92. The van der Waals surface area contributed by atoms with Crippen LogP contribution in [0.1, 0.15) is 19.4 Å². The number of allylic oxidation sites excluding steroid dienone is 1. The van der Waals surface area contributed by atoms with Gasteiger partial charge in [-0.15, -0.1) is 6.58 Å². The van der Waals surface area contributed by atoms with E-state index >= 15 is 0 Å². The van der Waals surface area contributed by atoms with E-state index in [4.69, 9.17) is 4.74 Å². The van der Waals surface area contributed by atoms with E-state index in [1.807, 2.05) is 6.92 Å². The second-order valence-electron chi connectivity index (χ2n) is 5.50. The Morgan fingerprint density at radius 2 is 1.92 bits per heavy atom.